The molecular weight excluding hydrogens is 554 g/mol. The Hall–Kier alpha value is -4.28. The van der Waals surface area contributed by atoms with Crippen molar-refractivity contribution in [3.63, 3.8) is 0 Å². The number of unbranched alkanes of at least 4 members (excludes halogenated alkanes) is 1. The average molecular weight is 580 g/mol. The lowest BCUT2D eigenvalue weighted by molar-refractivity contribution is 0.0632. The van der Waals surface area contributed by atoms with Crippen LogP contribution in [0.2, 0.25) is 5.15 Å². The van der Waals surface area contributed by atoms with E-state index in [-0.39, 0.29) is 27.9 Å². The zero-order valence-corrected chi connectivity index (χ0v) is 23.1. The van der Waals surface area contributed by atoms with Gasteiger partial charge in [0.1, 0.15) is 11.5 Å². The number of hydrogen-bond donors (Lipinski definition) is 1. The molecule has 0 unspecified atom stereocenters. The molecule has 1 N–H and O–H groups in total. The van der Waals surface area contributed by atoms with E-state index in [4.69, 9.17) is 16.3 Å². The number of amides is 1. The fourth-order valence-corrected chi connectivity index (χ4v) is 5.52. The van der Waals surface area contributed by atoms with Gasteiger partial charge < -0.3 is 9.30 Å². The lowest BCUT2D eigenvalue weighted by atomic mass is 10.0. The summed E-state index contributed by atoms with van der Waals surface area (Å²) in [6.45, 7) is 2.14. The van der Waals surface area contributed by atoms with Crippen molar-refractivity contribution < 1.29 is 27.5 Å². The molecular formula is C29H26ClN3O6S. The van der Waals surface area contributed by atoms with Crippen molar-refractivity contribution in [2.24, 2.45) is 0 Å². The van der Waals surface area contributed by atoms with Crippen molar-refractivity contribution in [3.05, 3.63) is 107 Å². The number of hydrogen-bond acceptors (Lipinski definition) is 7. The fourth-order valence-electron chi connectivity index (χ4n) is 4.12. The van der Waals surface area contributed by atoms with Crippen LogP contribution in [0.15, 0.2) is 83.8 Å². The van der Waals surface area contributed by atoms with Gasteiger partial charge in [0.2, 0.25) is 0 Å². The number of aldehydes is 1. The number of sulfonamides is 1. The normalized spacial score (nSPS) is 11.2. The maximum Gasteiger partial charge on any atom is 0.429 e. The Bertz CT molecular complexity index is 1640. The quantitative estimate of drug-likeness (QED) is 0.146. The molecule has 0 fully saturated rings. The van der Waals surface area contributed by atoms with E-state index in [0.29, 0.717) is 35.2 Å². The molecule has 0 saturated heterocycles. The number of carbonyl (C=O) groups is 3. The van der Waals surface area contributed by atoms with Crippen LogP contribution in [0.4, 0.5) is 4.79 Å². The monoisotopic (exact) mass is 579 g/mol. The number of esters is 1. The summed E-state index contributed by atoms with van der Waals surface area (Å²) < 4.78 is 35.2. The van der Waals surface area contributed by atoms with Gasteiger partial charge >= 0.3 is 12.1 Å². The first kappa shape index (κ1) is 28.7. The summed E-state index contributed by atoms with van der Waals surface area (Å²) in [5.74, 6) is -0.394. The van der Waals surface area contributed by atoms with Crippen LogP contribution in [0, 0.1) is 0 Å². The van der Waals surface area contributed by atoms with Gasteiger partial charge in [-0.05, 0) is 35.7 Å². The molecule has 0 spiro atoms. The molecule has 206 valence electrons. The largest absolute Gasteiger partial charge is 0.429 e. The van der Waals surface area contributed by atoms with Crippen LogP contribution in [0.5, 0.6) is 0 Å². The summed E-state index contributed by atoms with van der Waals surface area (Å²) in [5, 5.41) is 0.0716. The van der Waals surface area contributed by atoms with Gasteiger partial charge in [-0.25, -0.2) is 27.7 Å². The molecule has 0 bridgehead atoms. The lowest BCUT2D eigenvalue weighted by Crippen LogP contribution is -2.33. The predicted molar refractivity (Wildman–Crippen MR) is 150 cm³/mol. The Morgan fingerprint density at radius 2 is 1.70 bits per heavy atom. The third-order valence-electron chi connectivity index (χ3n) is 6.08. The minimum Gasteiger partial charge on any atom is -0.372 e. The highest BCUT2D eigenvalue weighted by molar-refractivity contribution is 7.90. The molecule has 1 aromatic heterocycles. The van der Waals surface area contributed by atoms with Gasteiger partial charge in [0, 0.05) is 18.5 Å². The van der Waals surface area contributed by atoms with E-state index >= 15 is 0 Å². The Balaban J connectivity index is 1.70. The smallest absolute Gasteiger partial charge is 0.372 e. The lowest BCUT2D eigenvalue weighted by Gasteiger charge is -2.15. The fraction of sp³-hybridized carbons (Fsp3) is 0.172. The maximum atomic E-state index is 13.5. The summed E-state index contributed by atoms with van der Waals surface area (Å²) in [5.41, 5.74) is 1.70. The highest BCUT2D eigenvalue weighted by Gasteiger charge is 2.26. The number of nitrogens with zero attached hydrogens (tertiary/aromatic N) is 2. The molecule has 0 saturated carbocycles. The van der Waals surface area contributed by atoms with E-state index in [9.17, 15) is 22.8 Å². The first-order valence-corrected chi connectivity index (χ1v) is 14.3. The van der Waals surface area contributed by atoms with Crippen LogP contribution in [-0.2, 0) is 27.7 Å². The van der Waals surface area contributed by atoms with E-state index in [1.807, 2.05) is 11.6 Å². The van der Waals surface area contributed by atoms with E-state index in [1.165, 1.54) is 18.2 Å². The van der Waals surface area contributed by atoms with E-state index in [0.717, 1.165) is 12.8 Å². The summed E-state index contributed by atoms with van der Waals surface area (Å²) in [6.07, 6.45) is 1.49. The number of carbonyl (C=O) groups excluding carboxylic acids is 3. The summed E-state index contributed by atoms with van der Waals surface area (Å²) >= 11 is 6.20. The topological polar surface area (TPSA) is 124 Å². The molecule has 0 aliphatic carbocycles. The number of halogens is 1. The third-order valence-corrected chi connectivity index (χ3v) is 7.71. The molecule has 9 nitrogen and oxygen atoms in total. The SMILES string of the molecule is CCCCc1nc(Cl)c(C=O)n1Cc1ccc(-c2ccccc2)c(S(=O)(=O)NC(=O)OC(=O)c2ccccc2)c1. The highest BCUT2D eigenvalue weighted by Crippen LogP contribution is 2.29. The van der Waals surface area contributed by atoms with E-state index in [2.05, 4.69) is 4.98 Å². The van der Waals surface area contributed by atoms with Gasteiger partial charge in [0.15, 0.2) is 11.4 Å². The number of imidazole rings is 1. The molecule has 4 aromatic rings. The first-order chi connectivity index (χ1) is 19.2. The van der Waals surface area contributed by atoms with Crippen LogP contribution in [0.1, 0.15) is 52.0 Å². The molecule has 0 atom stereocenters. The van der Waals surface area contributed by atoms with Crippen molar-refractivity contribution in [2.75, 3.05) is 0 Å². The second kappa shape index (κ2) is 12.7. The van der Waals surface area contributed by atoms with Gasteiger partial charge in [-0.3, -0.25) is 4.79 Å². The Kier molecular flexibility index (Phi) is 9.13. The zero-order chi connectivity index (χ0) is 28.7. The summed E-state index contributed by atoms with van der Waals surface area (Å²) in [6, 6.07) is 21.2. The van der Waals surface area contributed by atoms with E-state index < -0.39 is 22.1 Å². The van der Waals surface area contributed by atoms with Gasteiger partial charge in [0.05, 0.1) is 10.5 Å². The van der Waals surface area contributed by atoms with Crippen LogP contribution >= 0.6 is 11.6 Å². The summed E-state index contributed by atoms with van der Waals surface area (Å²) in [7, 11) is -4.51. The van der Waals surface area contributed by atoms with Crippen molar-refractivity contribution in [3.8, 4) is 11.1 Å². The van der Waals surface area contributed by atoms with Crippen LogP contribution in [0.25, 0.3) is 11.1 Å². The first-order valence-electron chi connectivity index (χ1n) is 12.5. The van der Waals surface area contributed by atoms with Crippen molar-refractivity contribution in [1.29, 1.82) is 0 Å². The number of aryl methyl sites for hydroxylation is 1. The third kappa shape index (κ3) is 6.64. The number of aromatic nitrogens is 2. The second-order valence-electron chi connectivity index (χ2n) is 8.86. The average Bonchev–Trinajstić information content (AvgIpc) is 3.25. The molecule has 0 aliphatic rings. The predicted octanol–water partition coefficient (Wildman–Crippen LogP) is 5.66. The zero-order valence-electron chi connectivity index (χ0n) is 21.5. The highest BCUT2D eigenvalue weighted by atomic mass is 35.5. The number of benzene rings is 3. The van der Waals surface area contributed by atoms with Crippen molar-refractivity contribution >= 4 is 40.0 Å². The molecule has 3 aromatic carbocycles. The van der Waals surface area contributed by atoms with Crippen LogP contribution in [0.3, 0.4) is 0 Å². The van der Waals surface area contributed by atoms with Crippen LogP contribution in [-0.4, -0.2) is 36.3 Å². The van der Waals surface area contributed by atoms with Gasteiger partial charge in [-0.2, -0.15) is 0 Å². The number of ether oxygens (including phenoxy) is 1. The maximum absolute atomic E-state index is 13.5. The molecule has 1 amide bonds. The molecule has 11 heteroatoms. The molecule has 1 heterocycles. The minimum atomic E-state index is -4.51. The Labute approximate surface area is 236 Å². The summed E-state index contributed by atoms with van der Waals surface area (Å²) in [4.78, 5) is 40.6. The van der Waals surface area contributed by atoms with Crippen molar-refractivity contribution in [1.82, 2.24) is 14.3 Å². The molecule has 0 radical (unpaired) electrons. The number of nitrogens with one attached hydrogen (secondary N) is 1. The standard InChI is InChI=1S/C29H26ClN3O6S/c1-2-3-14-26-31-27(30)24(19-34)33(26)18-20-15-16-23(21-10-6-4-7-11-21)25(17-20)40(37,38)32-29(36)39-28(35)22-12-8-5-9-13-22/h4-13,15-17,19H,2-3,14,18H2,1H3,(H,32,36). The molecule has 4 rings (SSSR count). The van der Waals surface area contributed by atoms with Gasteiger partial charge in [0.25, 0.3) is 10.0 Å². The van der Waals surface area contributed by atoms with Crippen LogP contribution < -0.4 is 4.72 Å². The molecule has 40 heavy (non-hydrogen) atoms. The Morgan fingerprint density at radius 3 is 2.35 bits per heavy atom. The van der Waals surface area contributed by atoms with E-state index in [1.54, 1.807) is 65.2 Å². The second-order valence-corrected chi connectivity index (χ2v) is 10.9. The van der Waals surface area contributed by atoms with Gasteiger partial charge in [-0.1, -0.05) is 85.6 Å². The van der Waals surface area contributed by atoms with Gasteiger partial charge in [-0.15, -0.1) is 0 Å². The number of rotatable bonds is 10. The minimum absolute atomic E-state index is 0.0716. The molecule has 0 aliphatic heterocycles. The Morgan fingerprint density at radius 1 is 1.02 bits per heavy atom. The van der Waals surface area contributed by atoms with Crippen molar-refractivity contribution in [2.45, 2.75) is 37.6 Å².